The summed E-state index contributed by atoms with van der Waals surface area (Å²) in [5, 5.41) is 14.8. The number of aromatic nitrogens is 4. The quantitative estimate of drug-likeness (QED) is 0.0857. The average Bonchev–Trinajstić information content (AvgIpc) is 2.90. The Balaban J connectivity index is 0.000000415. The predicted octanol–water partition coefficient (Wildman–Crippen LogP) is 12.9. The average molecular weight is 1320 g/mol. The molecule has 426 valence electrons. The number of terminal acetylenes is 1. The van der Waals surface area contributed by atoms with E-state index >= 15 is 0 Å². The predicted molar refractivity (Wildman–Crippen MR) is 334 cm³/mol. The second-order valence-corrected chi connectivity index (χ2v) is 16.7. The van der Waals surface area contributed by atoms with Gasteiger partial charge in [0, 0.05) is 105 Å². The molecular formula is C75H50N4O6Pd2. The third-order valence-corrected chi connectivity index (χ3v) is 9.98. The number of carboxylic acids is 2. The van der Waals surface area contributed by atoms with Crippen LogP contribution in [0.15, 0.2) is 158 Å². The molecule has 0 radical (unpaired) electrons. The van der Waals surface area contributed by atoms with Crippen LogP contribution >= 0.6 is 0 Å². The maximum Gasteiger partial charge on any atom is 2.00 e. The Morgan fingerprint density at radius 1 is 0.448 bits per heavy atom. The molecule has 12 heteroatoms. The SMILES string of the molecule is C#CC#CC#CC#CC#CC#CC#CC#CC#CC#CC#CC.CC(=O)O.CC(=O)O.Cc1ccnc(-c2[c-]c(Oc3[c-]c(-c4ccccn4)c(C)cc3)ccc2)c1.Cc1ccnc(-c2cccc(Oc3ccc(C)c(-c4ccccn4)c3)c2)c1.[Pd+2].[Pd]. The van der Waals surface area contributed by atoms with Crippen molar-refractivity contribution in [3.05, 3.63) is 193 Å². The molecule has 0 spiro atoms. The van der Waals surface area contributed by atoms with Crippen LogP contribution in [0, 0.1) is 171 Å². The molecule has 8 rings (SSSR count). The molecule has 0 bridgehead atoms. The van der Waals surface area contributed by atoms with Gasteiger partial charge in [0.25, 0.3) is 11.9 Å². The van der Waals surface area contributed by atoms with Crippen LogP contribution in [-0.2, 0) is 50.4 Å². The normalized spacial score (nSPS) is 8.16. The van der Waals surface area contributed by atoms with E-state index in [0.29, 0.717) is 11.5 Å². The Bertz CT molecular complexity index is 4180. The van der Waals surface area contributed by atoms with E-state index < -0.39 is 11.9 Å². The number of carboxylic acid groups (broad SMARTS) is 2. The zero-order chi connectivity index (χ0) is 61.3. The molecule has 0 atom stereocenters. The number of aryl methyl sites for hydroxylation is 4. The number of benzene rings is 4. The van der Waals surface area contributed by atoms with E-state index in [4.69, 9.17) is 35.7 Å². The second-order valence-electron chi connectivity index (χ2n) is 16.7. The van der Waals surface area contributed by atoms with Gasteiger partial charge in [0.2, 0.25) is 0 Å². The maximum atomic E-state index is 9.00. The number of nitrogens with zero attached hydrogens (tertiary/aromatic N) is 4. The van der Waals surface area contributed by atoms with E-state index in [1.54, 1.807) is 25.5 Å². The molecule has 87 heavy (non-hydrogen) atoms. The molecule has 0 aliphatic rings. The van der Waals surface area contributed by atoms with Gasteiger partial charge in [0.05, 0.1) is 11.4 Å². The molecular weight excluding hydrogens is 1270 g/mol. The molecule has 8 aromatic rings. The first-order chi connectivity index (χ1) is 41.3. The standard InChI is InChI=1S/C24H20N2O.C24H18N2O.C23H4.2C2H4O2.2Pd/c2*1-17-11-13-26-24(14-17)19-6-5-7-20(15-19)27-21-10-9-18(2)22(16-21)23-8-3-4-12-25-23;1-3-5-7-9-11-13-15-17-19-21-23-22-20-18-16-14-12-10-8-6-4-2;2*1-2(3)4;;/h3-16H,1-2H3;3-14H,1-2H3;1H,2H3;2*1H3,(H,3,4);;/q;-2;;;;;+2. The minimum atomic E-state index is -0.833. The van der Waals surface area contributed by atoms with Crippen LogP contribution in [-0.4, -0.2) is 42.1 Å². The summed E-state index contributed by atoms with van der Waals surface area (Å²) < 4.78 is 12.2. The van der Waals surface area contributed by atoms with Crippen molar-refractivity contribution in [2.45, 2.75) is 48.5 Å². The fraction of sp³-hybridized carbons (Fsp3) is 0.0933. The number of hydrogen-bond donors (Lipinski definition) is 2. The zero-order valence-electron chi connectivity index (χ0n) is 48.0. The van der Waals surface area contributed by atoms with E-state index in [2.05, 4.69) is 182 Å². The van der Waals surface area contributed by atoms with Crippen molar-refractivity contribution in [1.29, 1.82) is 0 Å². The number of ether oxygens (including phenoxy) is 2. The molecule has 0 saturated carbocycles. The smallest absolute Gasteiger partial charge is 0.497 e. The fourth-order valence-electron chi connectivity index (χ4n) is 6.48. The molecule has 0 fully saturated rings. The van der Waals surface area contributed by atoms with Gasteiger partial charge >= 0.3 is 20.4 Å². The van der Waals surface area contributed by atoms with Crippen molar-refractivity contribution in [3.63, 3.8) is 0 Å². The van der Waals surface area contributed by atoms with Crippen molar-refractivity contribution >= 4 is 11.9 Å². The monoisotopic (exact) mass is 1310 g/mol. The van der Waals surface area contributed by atoms with Gasteiger partial charge in [-0.3, -0.25) is 19.6 Å². The Labute approximate surface area is 538 Å². The molecule has 4 aromatic carbocycles. The van der Waals surface area contributed by atoms with Crippen molar-refractivity contribution in [1.82, 2.24) is 19.9 Å². The van der Waals surface area contributed by atoms with Crippen LogP contribution in [0.2, 0.25) is 0 Å². The van der Waals surface area contributed by atoms with Gasteiger partial charge in [-0.1, -0.05) is 73.0 Å². The van der Waals surface area contributed by atoms with Crippen LogP contribution in [0.5, 0.6) is 23.0 Å². The first-order valence-electron chi connectivity index (χ1n) is 25.3. The third kappa shape index (κ3) is 29.9. The molecule has 0 amide bonds. The zero-order valence-corrected chi connectivity index (χ0v) is 51.1. The van der Waals surface area contributed by atoms with E-state index in [0.717, 1.165) is 81.5 Å². The van der Waals surface area contributed by atoms with Gasteiger partial charge in [0.1, 0.15) is 11.5 Å². The van der Waals surface area contributed by atoms with Crippen molar-refractivity contribution in [3.8, 4) is 199 Å². The van der Waals surface area contributed by atoms with Gasteiger partial charge in [-0.05, 0) is 206 Å². The van der Waals surface area contributed by atoms with Crippen LogP contribution in [0.4, 0.5) is 0 Å². The second kappa shape index (κ2) is 42.3. The number of carbonyl (C=O) groups is 2. The summed E-state index contributed by atoms with van der Waals surface area (Å²) in [6, 6.07) is 50.3. The molecule has 4 heterocycles. The summed E-state index contributed by atoms with van der Waals surface area (Å²) in [5.74, 6) is 53.1. The Hall–Kier alpha value is -11.5. The summed E-state index contributed by atoms with van der Waals surface area (Å²) in [5.41, 5.74) is 12.2. The van der Waals surface area contributed by atoms with E-state index in [1.807, 2.05) is 141 Å². The Kier molecular flexibility index (Phi) is 34.9. The van der Waals surface area contributed by atoms with Gasteiger partial charge in [-0.25, -0.2) is 0 Å². The molecule has 0 unspecified atom stereocenters. The van der Waals surface area contributed by atoms with Gasteiger partial charge < -0.3 is 29.7 Å². The number of aliphatic carboxylic acids is 2. The minimum Gasteiger partial charge on any atom is -0.497 e. The summed E-state index contributed by atoms with van der Waals surface area (Å²) in [6.45, 7) is 12.1. The first-order valence-corrected chi connectivity index (χ1v) is 25.3. The minimum absolute atomic E-state index is 0. The summed E-state index contributed by atoms with van der Waals surface area (Å²) in [6.07, 6.45) is 12.1. The molecule has 2 N–H and O–H groups in total. The van der Waals surface area contributed by atoms with Crippen LogP contribution in [0.1, 0.15) is 43.0 Å². The van der Waals surface area contributed by atoms with Gasteiger partial charge in [-0.2, -0.15) is 0 Å². The Morgan fingerprint density at radius 2 is 0.908 bits per heavy atom. The van der Waals surface area contributed by atoms with Crippen LogP contribution in [0.25, 0.3) is 45.0 Å². The van der Waals surface area contributed by atoms with Gasteiger partial charge in [0.15, 0.2) is 0 Å². The topological polar surface area (TPSA) is 145 Å². The fourth-order valence-corrected chi connectivity index (χ4v) is 6.48. The molecule has 0 saturated heterocycles. The van der Waals surface area contributed by atoms with Gasteiger partial charge in [-0.15, -0.1) is 53.4 Å². The number of rotatable bonds is 8. The molecule has 0 aliphatic heterocycles. The maximum absolute atomic E-state index is 9.00. The van der Waals surface area contributed by atoms with E-state index in [-0.39, 0.29) is 40.8 Å². The Morgan fingerprint density at radius 3 is 1.43 bits per heavy atom. The van der Waals surface area contributed by atoms with Crippen molar-refractivity contribution in [2.75, 3.05) is 0 Å². The summed E-state index contributed by atoms with van der Waals surface area (Å²) in [4.78, 5) is 35.8. The summed E-state index contributed by atoms with van der Waals surface area (Å²) in [7, 11) is 0. The largest absolute Gasteiger partial charge is 2.00 e. The van der Waals surface area contributed by atoms with Crippen LogP contribution < -0.4 is 9.47 Å². The number of hydrogen-bond acceptors (Lipinski definition) is 8. The molecule has 4 aromatic heterocycles. The number of pyridine rings is 4. The van der Waals surface area contributed by atoms with Crippen LogP contribution in [0.3, 0.4) is 0 Å². The van der Waals surface area contributed by atoms with E-state index in [9.17, 15) is 0 Å². The third-order valence-electron chi connectivity index (χ3n) is 9.98. The molecule has 0 aliphatic carbocycles. The van der Waals surface area contributed by atoms with Crippen molar-refractivity contribution in [2.24, 2.45) is 0 Å². The molecule has 10 nitrogen and oxygen atoms in total. The summed E-state index contributed by atoms with van der Waals surface area (Å²) >= 11 is 0. The van der Waals surface area contributed by atoms with E-state index in [1.165, 1.54) is 11.1 Å². The first kappa shape index (κ1) is 71.6. The van der Waals surface area contributed by atoms with Crippen molar-refractivity contribution < 1.29 is 70.1 Å².